The van der Waals surface area contributed by atoms with Crippen molar-refractivity contribution in [2.45, 2.75) is 6.92 Å². The van der Waals surface area contributed by atoms with Crippen molar-refractivity contribution in [3.63, 3.8) is 0 Å². The summed E-state index contributed by atoms with van der Waals surface area (Å²) in [6, 6.07) is 8.46. The van der Waals surface area contributed by atoms with Crippen molar-refractivity contribution in [3.8, 4) is 11.5 Å². The number of hydrogen-bond acceptors (Lipinski definition) is 4. The second-order valence-corrected chi connectivity index (χ2v) is 5.86. The monoisotopic (exact) mass is 308 g/mol. The Morgan fingerprint density at radius 1 is 1.30 bits per heavy atom. The van der Waals surface area contributed by atoms with Gasteiger partial charge in [-0.25, -0.2) is 9.37 Å². The molecular weight excluding hydrogens is 299 g/mol. The minimum atomic E-state index is -0.672. The minimum absolute atomic E-state index is 0.00655. The molecule has 0 amide bonds. The van der Waals surface area contributed by atoms with Gasteiger partial charge in [0, 0.05) is 6.07 Å². The van der Waals surface area contributed by atoms with Crippen LogP contribution in [0, 0.1) is 12.7 Å². The van der Waals surface area contributed by atoms with E-state index < -0.39 is 5.82 Å². The van der Waals surface area contributed by atoms with E-state index in [0.29, 0.717) is 5.75 Å². The number of halogens is 2. The van der Waals surface area contributed by atoms with Crippen LogP contribution in [-0.4, -0.2) is 4.98 Å². The van der Waals surface area contributed by atoms with Gasteiger partial charge in [-0.15, -0.1) is 11.3 Å². The van der Waals surface area contributed by atoms with E-state index in [2.05, 4.69) is 4.98 Å². The first-order valence-corrected chi connectivity index (χ1v) is 7.02. The summed E-state index contributed by atoms with van der Waals surface area (Å²) in [6.45, 7) is 1.94. The lowest BCUT2D eigenvalue weighted by molar-refractivity contribution is 0.478. The molecule has 0 spiro atoms. The fraction of sp³-hybridized carbons (Fsp3) is 0.0714. The lowest BCUT2D eigenvalue weighted by atomic mass is 10.3. The smallest absolute Gasteiger partial charge is 0.168 e. The summed E-state index contributed by atoms with van der Waals surface area (Å²) in [4.78, 5) is 4.38. The van der Waals surface area contributed by atoms with Crippen LogP contribution in [0.4, 0.5) is 10.1 Å². The Morgan fingerprint density at radius 2 is 2.10 bits per heavy atom. The number of aromatic nitrogens is 1. The molecular formula is C14H10ClFN2OS. The zero-order valence-corrected chi connectivity index (χ0v) is 12.1. The molecule has 0 unspecified atom stereocenters. The number of ether oxygens (including phenoxy) is 1. The third kappa shape index (κ3) is 2.30. The Kier molecular flexibility index (Phi) is 3.23. The van der Waals surface area contributed by atoms with E-state index in [-0.39, 0.29) is 16.5 Å². The number of hydrogen-bond donors (Lipinski definition) is 1. The summed E-state index contributed by atoms with van der Waals surface area (Å²) in [5, 5.41) is 0.855. The van der Waals surface area contributed by atoms with E-state index in [4.69, 9.17) is 22.1 Å². The summed E-state index contributed by atoms with van der Waals surface area (Å²) in [6.07, 6.45) is 0. The van der Waals surface area contributed by atoms with Crippen LogP contribution in [0.2, 0.25) is 5.02 Å². The first-order valence-electron chi connectivity index (χ1n) is 5.83. The van der Waals surface area contributed by atoms with Crippen molar-refractivity contribution in [2.75, 3.05) is 5.73 Å². The van der Waals surface area contributed by atoms with Crippen molar-refractivity contribution in [1.29, 1.82) is 0 Å². The fourth-order valence-electron chi connectivity index (χ4n) is 1.84. The third-order valence-electron chi connectivity index (χ3n) is 2.77. The van der Waals surface area contributed by atoms with E-state index in [1.165, 1.54) is 12.1 Å². The largest absolute Gasteiger partial charge is 0.456 e. The molecule has 0 fully saturated rings. The molecule has 0 saturated carbocycles. The van der Waals surface area contributed by atoms with Crippen molar-refractivity contribution in [2.24, 2.45) is 0 Å². The summed E-state index contributed by atoms with van der Waals surface area (Å²) in [5.74, 6) is 0.105. The highest BCUT2D eigenvalue weighted by Crippen LogP contribution is 2.35. The third-order valence-corrected chi connectivity index (χ3v) is 4.07. The first-order chi connectivity index (χ1) is 9.54. The second kappa shape index (κ2) is 4.92. The van der Waals surface area contributed by atoms with Crippen LogP contribution in [0.3, 0.4) is 0 Å². The molecule has 3 aromatic rings. The standard InChI is InChI=1S/C14H10ClFN2OS/c1-7-18-10-6-8(2-5-12(10)20-7)19-11-4-3-9(17)14(16)13(11)15/h2-6H,17H2,1H3. The molecule has 2 N–H and O–H groups in total. The lowest BCUT2D eigenvalue weighted by Gasteiger charge is -2.09. The molecule has 3 nitrogen and oxygen atoms in total. The van der Waals surface area contributed by atoms with Gasteiger partial charge < -0.3 is 10.5 Å². The highest BCUT2D eigenvalue weighted by Gasteiger charge is 2.12. The van der Waals surface area contributed by atoms with E-state index in [9.17, 15) is 4.39 Å². The topological polar surface area (TPSA) is 48.1 Å². The highest BCUT2D eigenvalue weighted by molar-refractivity contribution is 7.18. The normalized spacial score (nSPS) is 10.9. The maximum absolute atomic E-state index is 13.6. The van der Waals surface area contributed by atoms with Crippen LogP contribution in [0.25, 0.3) is 10.2 Å². The minimum Gasteiger partial charge on any atom is -0.456 e. The predicted molar refractivity (Wildman–Crippen MR) is 80.3 cm³/mol. The van der Waals surface area contributed by atoms with Crippen molar-refractivity contribution in [1.82, 2.24) is 4.98 Å². The molecule has 2 aromatic carbocycles. The lowest BCUT2D eigenvalue weighted by Crippen LogP contribution is -1.93. The predicted octanol–water partition coefficient (Wildman–Crippen LogP) is 4.77. The van der Waals surface area contributed by atoms with Gasteiger partial charge in [-0.1, -0.05) is 11.6 Å². The number of nitrogen functional groups attached to an aromatic ring is 1. The molecule has 0 bridgehead atoms. The number of anilines is 1. The number of rotatable bonds is 2. The van der Waals surface area contributed by atoms with Crippen molar-refractivity contribution < 1.29 is 9.13 Å². The first kappa shape index (κ1) is 13.1. The molecule has 0 radical (unpaired) electrons. The van der Waals surface area contributed by atoms with Crippen LogP contribution in [0.15, 0.2) is 30.3 Å². The molecule has 0 aliphatic rings. The number of benzene rings is 2. The van der Waals surface area contributed by atoms with Gasteiger partial charge in [0.2, 0.25) is 0 Å². The fourth-order valence-corrected chi connectivity index (χ4v) is 2.86. The molecule has 0 aliphatic heterocycles. The molecule has 1 heterocycles. The number of nitrogens with two attached hydrogens (primary N) is 1. The van der Waals surface area contributed by atoms with Crippen LogP contribution < -0.4 is 10.5 Å². The van der Waals surface area contributed by atoms with Gasteiger partial charge in [0.25, 0.3) is 0 Å². The van der Waals surface area contributed by atoms with Crippen molar-refractivity contribution >= 4 is 38.8 Å². The zero-order valence-electron chi connectivity index (χ0n) is 10.5. The van der Waals surface area contributed by atoms with Gasteiger partial charge in [-0.05, 0) is 31.2 Å². The Morgan fingerprint density at radius 3 is 2.90 bits per heavy atom. The average Bonchev–Trinajstić information content (AvgIpc) is 2.79. The summed E-state index contributed by atoms with van der Waals surface area (Å²) in [5.41, 5.74) is 6.27. The molecule has 3 rings (SSSR count). The second-order valence-electron chi connectivity index (χ2n) is 4.25. The van der Waals surface area contributed by atoms with Gasteiger partial charge >= 0.3 is 0 Å². The molecule has 0 aliphatic carbocycles. The molecule has 102 valence electrons. The van der Waals surface area contributed by atoms with Crippen LogP contribution in [-0.2, 0) is 0 Å². The maximum atomic E-state index is 13.6. The number of aryl methyl sites for hydroxylation is 1. The summed E-state index contributed by atoms with van der Waals surface area (Å²) >= 11 is 7.48. The van der Waals surface area contributed by atoms with Crippen molar-refractivity contribution in [3.05, 3.63) is 46.2 Å². The Hall–Kier alpha value is -1.85. The molecule has 0 atom stereocenters. The summed E-state index contributed by atoms with van der Waals surface area (Å²) in [7, 11) is 0. The van der Waals surface area contributed by atoms with Crippen LogP contribution in [0.5, 0.6) is 11.5 Å². The van der Waals surface area contributed by atoms with Gasteiger partial charge in [-0.2, -0.15) is 0 Å². The Balaban J connectivity index is 1.98. The van der Waals surface area contributed by atoms with Gasteiger partial charge in [-0.3, -0.25) is 0 Å². The van der Waals surface area contributed by atoms with Crippen LogP contribution in [0.1, 0.15) is 5.01 Å². The molecule has 20 heavy (non-hydrogen) atoms. The SMILES string of the molecule is Cc1nc2cc(Oc3ccc(N)c(F)c3Cl)ccc2s1. The number of thiazole rings is 1. The van der Waals surface area contributed by atoms with Gasteiger partial charge in [0.05, 0.1) is 20.9 Å². The van der Waals surface area contributed by atoms with E-state index in [0.717, 1.165) is 15.2 Å². The molecule has 6 heteroatoms. The highest BCUT2D eigenvalue weighted by atomic mass is 35.5. The van der Waals surface area contributed by atoms with Gasteiger partial charge in [0.1, 0.15) is 16.5 Å². The van der Waals surface area contributed by atoms with Gasteiger partial charge in [0.15, 0.2) is 5.82 Å². The molecule has 1 aromatic heterocycles. The van der Waals surface area contributed by atoms with E-state index in [1.54, 1.807) is 23.5 Å². The molecule has 0 saturated heterocycles. The quantitative estimate of drug-likeness (QED) is 0.694. The van der Waals surface area contributed by atoms with Crippen LogP contribution >= 0.6 is 22.9 Å². The van der Waals surface area contributed by atoms with E-state index in [1.807, 2.05) is 13.0 Å². The zero-order chi connectivity index (χ0) is 14.3. The number of fused-ring (bicyclic) bond motifs is 1. The number of nitrogens with zero attached hydrogens (tertiary/aromatic N) is 1. The Bertz CT molecular complexity index is 803. The summed E-state index contributed by atoms with van der Waals surface area (Å²) < 4.78 is 20.3. The van der Waals surface area contributed by atoms with E-state index >= 15 is 0 Å². The average molecular weight is 309 g/mol. The Labute approximate surface area is 123 Å². The maximum Gasteiger partial charge on any atom is 0.168 e.